The molecule has 90 valence electrons. The quantitative estimate of drug-likeness (QED) is 0.737. The van der Waals surface area contributed by atoms with Crippen LogP contribution in [-0.2, 0) is 16.1 Å². The number of nitrogens with zero attached hydrogens (tertiary/aromatic N) is 2. The third-order valence-corrected chi connectivity index (χ3v) is 3.12. The number of thiazole rings is 1. The van der Waals surface area contributed by atoms with Crippen LogP contribution in [0.3, 0.4) is 0 Å². The van der Waals surface area contributed by atoms with Crippen molar-refractivity contribution in [3.63, 3.8) is 0 Å². The Bertz CT molecular complexity index is 343. The lowest BCUT2D eigenvalue weighted by atomic mass is 10.3. The number of ether oxygens (including phenoxy) is 1. The summed E-state index contributed by atoms with van der Waals surface area (Å²) in [5.74, 6) is -0.218. The lowest BCUT2D eigenvalue weighted by Crippen LogP contribution is -2.30. The molecule has 4 nitrogen and oxygen atoms in total. The molecule has 1 aromatic heterocycles. The van der Waals surface area contributed by atoms with Crippen molar-refractivity contribution in [1.82, 2.24) is 9.88 Å². The van der Waals surface area contributed by atoms with Gasteiger partial charge in [0.2, 0.25) is 0 Å². The minimum absolute atomic E-state index is 0.218. The molecule has 6 heteroatoms. The van der Waals surface area contributed by atoms with Gasteiger partial charge in [0.05, 0.1) is 13.7 Å². The van der Waals surface area contributed by atoms with Crippen LogP contribution in [0.5, 0.6) is 0 Å². The van der Waals surface area contributed by atoms with Crippen LogP contribution in [0.4, 0.5) is 0 Å². The number of esters is 1. The van der Waals surface area contributed by atoms with Crippen molar-refractivity contribution in [1.29, 1.82) is 0 Å². The Balaban J connectivity index is 2.53. The lowest BCUT2D eigenvalue weighted by molar-refractivity contribution is -0.142. The minimum Gasteiger partial charge on any atom is -0.468 e. The summed E-state index contributed by atoms with van der Waals surface area (Å²) in [4.78, 5) is 18.2. The Morgan fingerprint density at radius 3 is 2.94 bits per heavy atom. The van der Waals surface area contributed by atoms with Crippen LogP contribution >= 0.6 is 22.9 Å². The van der Waals surface area contributed by atoms with Crippen molar-refractivity contribution in [2.24, 2.45) is 0 Å². The predicted molar refractivity (Wildman–Crippen MR) is 64.7 cm³/mol. The SMILES string of the molecule is CCCN(CC(=O)OC)Cc1cnc(Cl)s1. The second-order valence-corrected chi connectivity index (χ2v) is 5.06. The first kappa shape index (κ1) is 13.4. The zero-order chi connectivity index (χ0) is 12.0. The molecule has 0 radical (unpaired) electrons. The van der Waals surface area contributed by atoms with Crippen molar-refractivity contribution >= 4 is 28.9 Å². The van der Waals surface area contributed by atoms with Crippen molar-refractivity contribution in [2.45, 2.75) is 19.9 Å². The van der Waals surface area contributed by atoms with Crippen LogP contribution in [0.15, 0.2) is 6.20 Å². The summed E-state index contributed by atoms with van der Waals surface area (Å²) >= 11 is 7.19. The summed E-state index contributed by atoms with van der Waals surface area (Å²) < 4.78 is 5.18. The van der Waals surface area contributed by atoms with Crippen LogP contribution in [-0.4, -0.2) is 36.1 Å². The van der Waals surface area contributed by atoms with Crippen molar-refractivity contribution in [2.75, 3.05) is 20.2 Å². The predicted octanol–water partition coefficient (Wildman–Crippen LogP) is 2.18. The Morgan fingerprint density at radius 2 is 2.44 bits per heavy atom. The summed E-state index contributed by atoms with van der Waals surface area (Å²) in [6.45, 7) is 3.92. The third kappa shape index (κ3) is 4.47. The average molecular weight is 263 g/mol. The number of methoxy groups -OCH3 is 1. The Kier molecular flexibility index (Phi) is 5.73. The molecule has 0 aliphatic rings. The molecule has 0 atom stereocenters. The molecular weight excluding hydrogens is 248 g/mol. The minimum atomic E-state index is -0.218. The van der Waals surface area contributed by atoms with Gasteiger partial charge >= 0.3 is 5.97 Å². The molecule has 0 aliphatic carbocycles. The third-order valence-electron chi connectivity index (χ3n) is 2.03. The summed E-state index contributed by atoms with van der Waals surface area (Å²) in [6, 6.07) is 0. The lowest BCUT2D eigenvalue weighted by Gasteiger charge is -2.18. The molecule has 0 amide bonds. The van der Waals surface area contributed by atoms with Crippen LogP contribution < -0.4 is 0 Å². The molecular formula is C10H15ClN2O2S. The number of aromatic nitrogens is 1. The van der Waals surface area contributed by atoms with E-state index in [9.17, 15) is 4.79 Å². The van der Waals surface area contributed by atoms with Gasteiger partial charge in [-0.3, -0.25) is 9.69 Å². The zero-order valence-corrected chi connectivity index (χ0v) is 11.0. The number of carbonyl (C=O) groups is 1. The highest BCUT2D eigenvalue weighted by Gasteiger charge is 2.12. The van der Waals surface area contributed by atoms with Gasteiger partial charge in [0.15, 0.2) is 4.47 Å². The molecule has 0 spiro atoms. The molecule has 0 saturated carbocycles. The van der Waals surface area contributed by atoms with Crippen LogP contribution in [0.2, 0.25) is 4.47 Å². The van der Waals surface area contributed by atoms with Gasteiger partial charge in [-0.05, 0) is 13.0 Å². The molecule has 0 unspecified atom stereocenters. The smallest absolute Gasteiger partial charge is 0.319 e. The second kappa shape index (κ2) is 6.83. The molecule has 0 N–H and O–H groups in total. The van der Waals surface area contributed by atoms with E-state index in [1.165, 1.54) is 18.4 Å². The van der Waals surface area contributed by atoms with E-state index in [0.29, 0.717) is 17.6 Å². The van der Waals surface area contributed by atoms with E-state index in [4.69, 9.17) is 11.6 Å². The zero-order valence-electron chi connectivity index (χ0n) is 9.40. The first-order valence-electron chi connectivity index (χ1n) is 5.05. The fraction of sp³-hybridized carbons (Fsp3) is 0.600. The van der Waals surface area contributed by atoms with Crippen molar-refractivity contribution in [3.05, 3.63) is 15.5 Å². The van der Waals surface area contributed by atoms with Gasteiger partial charge in [-0.1, -0.05) is 18.5 Å². The topological polar surface area (TPSA) is 42.4 Å². The van der Waals surface area contributed by atoms with Crippen LogP contribution in [0.1, 0.15) is 18.2 Å². The van der Waals surface area contributed by atoms with Crippen LogP contribution in [0.25, 0.3) is 0 Å². The molecule has 0 aromatic carbocycles. The van der Waals surface area contributed by atoms with Gasteiger partial charge in [0, 0.05) is 17.6 Å². The summed E-state index contributed by atoms with van der Waals surface area (Å²) in [7, 11) is 1.40. The molecule has 1 aromatic rings. The van der Waals surface area contributed by atoms with E-state index < -0.39 is 0 Å². The Labute approximate surface area is 104 Å². The Hall–Kier alpha value is -0.650. The molecule has 1 heterocycles. The van der Waals surface area contributed by atoms with Gasteiger partial charge in [-0.2, -0.15) is 0 Å². The molecule has 16 heavy (non-hydrogen) atoms. The number of hydrogen-bond acceptors (Lipinski definition) is 5. The number of hydrogen-bond donors (Lipinski definition) is 0. The highest BCUT2D eigenvalue weighted by atomic mass is 35.5. The first-order valence-corrected chi connectivity index (χ1v) is 6.24. The monoisotopic (exact) mass is 262 g/mol. The van der Waals surface area contributed by atoms with E-state index in [-0.39, 0.29) is 5.97 Å². The summed E-state index contributed by atoms with van der Waals surface area (Å²) in [5.41, 5.74) is 0. The first-order chi connectivity index (χ1) is 7.65. The fourth-order valence-corrected chi connectivity index (χ4v) is 2.37. The summed E-state index contributed by atoms with van der Waals surface area (Å²) in [5, 5.41) is 0. The second-order valence-electron chi connectivity index (χ2n) is 3.37. The van der Waals surface area contributed by atoms with Gasteiger partial charge in [-0.25, -0.2) is 4.98 Å². The molecule has 0 saturated heterocycles. The van der Waals surface area contributed by atoms with Gasteiger partial charge in [0.25, 0.3) is 0 Å². The standard InChI is InChI=1S/C10H15ClN2O2S/c1-3-4-13(7-9(14)15-2)6-8-5-12-10(11)16-8/h5H,3-4,6-7H2,1-2H3. The maximum atomic E-state index is 11.2. The maximum absolute atomic E-state index is 11.2. The molecule has 0 aliphatic heterocycles. The maximum Gasteiger partial charge on any atom is 0.319 e. The number of rotatable bonds is 6. The molecule has 0 bridgehead atoms. The van der Waals surface area contributed by atoms with Crippen molar-refractivity contribution < 1.29 is 9.53 Å². The number of halogens is 1. The van der Waals surface area contributed by atoms with E-state index in [2.05, 4.69) is 16.6 Å². The highest BCUT2D eigenvalue weighted by molar-refractivity contribution is 7.15. The summed E-state index contributed by atoms with van der Waals surface area (Å²) in [6.07, 6.45) is 2.73. The van der Waals surface area contributed by atoms with E-state index in [1.54, 1.807) is 6.20 Å². The number of carbonyl (C=O) groups excluding carboxylic acids is 1. The normalized spacial score (nSPS) is 10.8. The van der Waals surface area contributed by atoms with E-state index in [1.807, 2.05) is 4.90 Å². The van der Waals surface area contributed by atoms with Crippen LogP contribution in [0, 0.1) is 0 Å². The van der Waals surface area contributed by atoms with E-state index >= 15 is 0 Å². The van der Waals surface area contributed by atoms with Gasteiger partial charge < -0.3 is 4.74 Å². The van der Waals surface area contributed by atoms with Gasteiger partial charge in [-0.15, -0.1) is 11.3 Å². The molecule has 1 rings (SSSR count). The van der Waals surface area contributed by atoms with Gasteiger partial charge in [0.1, 0.15) is 0 Å². The van der Waals surface area contributed by atoms with Crippen molar-refractivity contribution in [3.8, 4) is 0 Å². The fourth-order valence-electron chi connectivity index (χ4n) is 1.35. The largest absolute Gasteiger partial charge is 0.468 e. The van der Waals surface area contributed by atoms with E-state index in [0.717, 1.165) is 17.8 Å². The molecule has 0 fully saturated rings. The Morgan fingerprint density at radius 1 is 1.69 bits per heavy atom. The highest BCUT2D eigenvalue weighted by Crippen LogP contribution is 2.19. The average Bonchev–Trinajstić information content (AvgIpc) is 2.64.